The third-order valence-corrected chi connectivity index (χ3v) is 8.00. The summed E-state index contributed by atoms with van der Waals surface area (Å²) in [4.78, 5) is 40.3. The van der Waals surface area contributed by atoms with Gasteiger partial charge in [0.05, 0.1) is 12.1 Å². The Morgan fingerprint density at radius 1 is 1.10 bits per heavy atom. The molecule has 0 heterocycles. The molecule has 0 unspecified atom stereocenters. The van der Waals surface area contributed by atoms with Crippen molar-refractivity contribution in [3.63, 3.8) is 0 Å². The zero-order valence-electron chi connectivity index (χ0n) is 23.8. The number of para-hydroxylation sites is 1. The van der Waals surface area contributed by atoms with Crippen LogP contribution in [0.15, 0.2) is 42.5 Å². The Kier molecular flexibility index (Phi) is 12.3. The minimum absolute atomic E-state index is 0.145. The predicted octanol–water partition coefficient (Wildman–Crippen LogP) is 5.25. The topological polar surface area (TPSA) is 87.7 Å². The molecule has 218 valence electrons. The van der Waals surface area contributed by atoms with E-state index in [0.717, 1.165) is 37.9 Å². The summed E-state index contributed by atoms with van der Waals surface area (Å²) < 4.78 is 6.04. The molecule has 7 nitrogen and oxygen atoms in total. The molecule has 0 aliphatic heterocycles. The summed E-state index contributed by atoms with van der Waals surface area (Å²) in [5.74, 6) is 0.374. The average Bonchev–Trinajstić information content (AvgIpc) is 3.77. The number of likely N-dealkylation sites (N-methyl/N-ethyl adjacent to an activating group) is 1. The number of ketones is 1. The Morgan fingerprint density at radius 3 is 2.48 bits per heavy atom. The molecule has 0 aromatic heterocycles. The van der Waals surface area contributed by atoms with Gasteiger partial charge in [-0.25, -0.2) is 0 Å². The van der Waals surface area contributed by atoms with Crippen LogP contribution in [0.2, 0.25) is 10.0 Å². The number of benzene rings is 2. The van der Waals surface area contributed by atoms with Crippen LogP contribution in [0.5, 0.6) is 5.75 Å². The number of hydrogen-bond donors (Lipinski definition) is 2. The van der Waals surface area contributed by atoms with Gasteiger partial charge in [0.2, 0.25) is 11.8 Å². The molecule has 0 saturated heterocycles. The monoisotopic (exact) mass is 589 g/mol. The van der Waals surface area contributed by atoms with Crippen molar-refractivity contribution in [2.75, 3.05) is 20.2 Å². The highest BCUT2D eigenvalue weighted by Gasteiger charge is 2.39. The maximum absolute atomic E-state index is 13.4. The van der Waals surface area contributed by atoms with Crippen LogP contribution >= 0.6 is 23.2 Å². The molecule has 40 heavy (non-hydrogen) atoms. The fourth-order valence-corrected chi connectivity index (χ4v) is 5.05. The third-order valence-electron chi connectivity index (χ3n) is 7.41. The van der Waals surface area contributed by atoms with Gasteiger partial charge in [0.25, 0.3) is 0 Å². The number of ether oxygens (including phenoxy) is 1. The van der Waals surface area contributed by atoms with E-state index in [1.807, 2.05) is 18.2 Å². The summed E-state index contributed by atoms with van der Waals surface area (Å²) in [6, 6.07) is 11.2. The molecule has 1 aliphatic rings. The van der Waals surface area contributed by atoms with Crippen molar-refractivity contribution >= 4 is 40.8 Å². The van der Waals surface area contributed by atoms with Gasteiger partial charge in [0.1, 0.15) is 18.4 Å². The summed E-state index contributed by atoms with van der Waals surface area (Å²) in [5, 5.41) is 7.09. The number of halogens is 2. The van der Waals surface area contributed by atoms with Crippen LogP contribution in [0, 0.1) is 5.92 Å². The van der Waals surface area contributed by atoms with Crippen LogP contribution in [0.25, 0.3) is 0 Å². The van der Waals surface area contributed by atoms with E-state index in [9.17, 15) is 14.4 Å². The maximum Gasteiger partial charge on any atom is 0.243 e. The van der Waals surface area contributed by atoms with Crippen molar-refractivity contribution < 1.29 is 19.1 Å². The Hall–Kier alpha value is -2.61. The molecule has 0 bridgehead atoms. The molecule has 3 rings (SSSR count). The fourth-order valence-electron chi connectivity index (χ4n) is 4.56. The van der Waals surface area contributed by atoms with Gasteiger partial charge < -0.3 is 20.3 Å². The van der Waals surface area contributed by atoms with E-state index in [1.165, 1.54) is 17.4 Å². The van der Waals surface area contributed by atoms with Crippen LogP contribution in [0.3, 0.4) is 0 Å². The zero-order chi connectivity index (χ0) is 29.2. The lowest BCUT2D eigenvalue weighted by Crippen LogP contribution is -2.55. The Balaban J connectivity index is 1.55. The Bertz CT molecular complexity index is 1170. The second kappa shape index (κ2) is 15.4. The largest absolute Gasteiger partial charge is 0.492 e. The summed E-state index contributed by atoms with van der Waals surface area (Å²) in [5.41, 5.74) is 1.90. The Labute approximate surface area is 247 Å². The molecule has 9 heteroatoms. The van der Waals surface area contributed by atoms with E-state index < -0.39 is 24.0 Å². The minimum atomic E-state index is -0.771. The van der Waals surface area contributed by atoms with Crippen molar-refractivity contribution in [2.45, 2.75) is 77.4 Å². The normalized spacial score (nSPS) is 15.2. The van der Waals surface area contributed by atoms with Crippen LogP contribution < -0.4 is 15.4 Å². The average molecular weight is 591 g/mol. The highest BCUT2D eigenvalue weighted by molar-refractivity contribution is 6.35. The number of carbonyl (C=O) groups is 3. The first-order valence-corrected chi connectivity index (χ1v) is 14.8. The van der Waals surface area contributed by atoms with Gasteiger partial charge in [0, 0.05) is 30.1 Å². The number of Topliss-reactive ketones (excluding diaryl/α,β-unsaturated/α-hetero) is 1. The summed E-state index contributed by atoms with van der Waals surface area (Å²) in [7, 11) is 1.63. The fraction of sp³-hybridized carbons (Fsp3) is 0.516. The molecular formula is C31H41Cl2N3O4. The molecule has 1 saturated carbocycles. The second-order valence-electron chi connectivity index (χ2n) is 10.6. The maximum atomic E-state index is 13.4. The number of amides is 2. The smallest absolute Gasteiger partial charge is 0.243 e. The van der Waals surface area contributed by atoms with Gasteiger partial charge in [-0.3, -0.25) is 14.4 Å². The molecule has 0 spiro atoms. The van der Waals surface area contributed by atoms with Crippen LogP contribution in [0.1, 0.15) is 57.6 Å². The van der Waals surface area contributed by atoms with Crippen molar-refractivity contribution in [1.29, 1.82) is 0 Å². The van der Waals surface area contributed by atoms with E-state index in [2.05, 4.69) is 23.6 Å². The number of unbranched alkanes of at least 4 members (excludes halogenated alkanes) is 1. The van der Waals surface area contributed by atoms with Gasteiger partial charge in [-0.05, 0) is 74.8 Å². The van der Waals surface area contributed by atoms with Crippen LogP contribution in [-0.4, -0.2) is 60.8 Å². The van der Waals surface area contributed by atoms with E-state index in [1.54, 1.807) is 32.2 Å². The number of rotatable bonds is 16. The van der Waals surface area contributed by atoms with E-state index in [-0.39, 0.29) is 24.0 Å². The van der Waals surface area contributed by atoms with Crippen molar-refractivity contribution in [3.8, 4) is 5.75 Å². The lowest BCUT2D eigenvalue weighted by atomic mass is 10.0. The van der Waals surface area contributed by atoms with E-state index >= 15 is 0 Å². The summed E-state index contributed by atoms with van der Waals surface area (Å²) in [6.45, 7) is 6.21. The van der Waals surface area contributed by atoms with Gasteiger partial charge in [-0.1, -0.05) is 60.8 Å². The first kappa shape index (κ1) is 31.9. The number of nitrogens with one attached hydrogen (secondary N) is 2. The second-order valence-corrected chi connectivity index (χ2v) is 11.4. The molecule has 2 N–H and O–H groups in total. The molecule has 2 aromatic rings. The quantitative estimate of drug-likeness (QED) is 0.261. The SMILES string of the molecule is CCCCc1ccccc1OCCN[C@H](C(=O)N(C)[C@H](C)C(=O)N[C@H](Cc1ccc(Cl)cc1Cl)C(C)=O)C1CC1. The van der Waals surface area contributed by atoms with Crippen molar-refractivity contribution in [3.05, 3.63) is 63.6 Å². The lowest BCUT2D eigenvalue weighted by molar-refractivity contribution is -0.141. The van der Waals surface area contributed by atoms with Gasteiger partial charge in [-0.15, -0.1) is 0 Å². The van der Waals surface area contributed by atoms with Crippen molar-refractivity contribution in [1.82, 2.24) is 15.5 Å². The predicted molar refractivity (Wildman–Crippen MR) is 160 cm³/mol. The summed E-state index contributed by atoms with van der Waals surface area (Å²) in [6.07, 6.45) is 5.37. The molecule has 3 atom stereocenters. The number of hydrogen-bond acceptors (Lipinski definition) is 5. The van der Waals surface area contributed by atoms with Crippen molar-refractivity contribution in [2.24, 2.45) is 5.92 Å². The third kappa shape index (κ3) is 9.22. The van der Waals surface area contributed by atoms with Crippen LogP contribution in [0.4, 0.5) is 0 Å². The molecular weight excluding hydrogens is 549 g/mol. The van der Waals surface area contributed by atoms with Gasteiger partial charge in [-0.2, -0.15) is 0 Å². The van der Waals surface area contributed by atoms with E-state index in [0.29, 0.717) is 28.8 Å². The van der Waals surface area contributed by atoms with E-state index in [4.69, 9.17) is 27.9 Å². The molecule has 2 aromatic carbocycles. The zero-order valence-corrected chi connectivity index (χ0v) is 25.4. The number of aryl methyl sites for hydroxylation is 1. The number of nitrogens with zero attached hydrogens (tertiary/aromatic N) is 1. The highest BCUT2D eigenvalue weighted by Crippen LogP contribution is 2.33. The first-order chi connectivity index (χ1) is 19.1. The first-order valence-electron chi connectivity index (χ1n) is 14.1. The molecule has 2 amide bonds. The molecule has 1 aliphatic carbocycles. The van der Waals surface area contributed by atoms with Crippen LogP contribution in [-0.2, 0) is 27.2 Å². The summed E-state index contributed by atoms with van der Waals surface area (Å²) >= 11 is 12.3. The van der Waals surface area contributed by atoms with Gasteiger partial charge in [0.15, 0.2) is 5.78 Å². The van der Waals surface area contributed by atoms with Gasteiger partial charge >= 0.3 is 0 Å². The molecule has 1 fully saturated rings. The molecule has 0 radical (unpaired) electrons. The number of carbonyl (C=O) groups excluding carboxylic acids is 3. The minimum Gasteiger partial charge on any atom is -0.492 e. The lowest BCUT2D eigenvalue weighted by Gasteiger charge is -2.30. The Morgan fingerprint density at radius 2 is 1.82 bits per heavy atom. The standard InChI is InChI=1S/C31H41Cl2N3O4/c1-5-6-9-22-10-7-8-11-28(22)40-17-16-34-29(23-12-13-23)31(39)36(4)20(2)30(38)35-27(21(3)37)18-24-14-15-25(32)19-26(24)33/h7-8,10-11,14-15,19-20,23,27,29,34H,5-6,9,12-13,16-18H2,1-4H3,(H,35,38)/t20-,27-,29+/m1/s1. The highest BCUT2D eigenvalue weighted by atomic mass is 35.5.